The van der Waals surface area contributed by atoms with Crippen LogP contribution in [0, 0.1) is 5.92 Å². The quantitative estimate of drug-likeness (QED) is 0.146. The summed E-state index contributed by atoms with van der Waals surface area (Å²) in [6, 6.07) is 10.5. The van der Waals surface area contributed by atoms with Crippen LogP contribution in [0.15, 0.2) is 36.4 Å². The maximum Gasteiger partial charge on any atom is 0.311 e. The van der Waals surface area contributed by atoms with Crippen LogP contribution in [-0.4, -0.2) is 30.8 Å². The molecule has 0 radical (unpaired) electrons. The van der Waals surface area contributed by atoms with Crippen molar-refractivity contribution >= 4 is 46.7 Å². The maximum atomic E-state index is 12.4. The Bertz CT molecular complexity index is 948. The second-order valence-corrected chi connectivity index (χ2v) is 9.54. The molecule has 0 fully saturated rings. The van der Waals surface area contributed by atoms with Gasteiger partial charge in [-0.3, -0.25) is 9.59 Å². The van der Waals surface area contributed by atoms with Gasteiger partial charge in [0.2, 0.25) is 0 Å². The zero-order valence-electron chi connectivity index (χ0n) is 19.3. The van der Waals surface area contributed by atoms with E-state index in [9.17, 15) is 14.7 Å². The highest BCUT2D eigenvalue weighted by molar-refractivity contribution is 6.35. The summed E-state index contributed by atoms with van der Waals surface area (Å²) in [6.45, 7) is 0.648. The van der Waals surface area contributed by atoms with E-state index in [1.807, 2.05) is 12.1 Å². The van der Waals surface area contributed by atoms with Gasteiger partial charge in [0.1, 0.15) is 5.75 Å². The minimum Gasteiger partial charge on any atom is -0.481 e. The predicted octanol–water partition coefficient (Wildman–Crippen LogP) is 7.61. The van der Waals surface area contributed by atoms with E-state index in [-0.39, 0.29) is 18.3 Å². The Morgan fingerprint density at radius 2 is 1.53 bits per heavy atom. The first-order chi connectivity index (χ1) is 16.3. The number of ether oxygens (including phenoxy) is 2. The summed E-state index contributed by atoms with van der Waals surface area (Å²) < 4.78 is 10.6. The van der Waals surface area contributed by atoms with Crippen LogP contribution in [0.25, 0.3) is 0 Å². The van der Waals surface area contributed by atoms with Gasteiger partial charge in [0.05, 0.1) is 5.92 Å². The largest absolute Gasteiger partial charge is 0.481 e. The molecule has 0 aliphatic heterocycles. The summed E-state index contributed by atoms with van der Waals surface area (Å²) in [5, 5.41) is 11.0. The molecule has 0 aromatic heterocycles. The van der Waals surface area contributed by atoms with E-state index in [1.165, 1.54) is 0 Å². The molecule has 0 aliphatic rings. The van der Waals surface area contributed by atoms with E-state index in [1.54, 1.807) is 31.4 Å². The van der Waals surface area contributed by atoms with Gasteiger partial charge in [-0.15, -0.1) is 0 Å². The van der Waals surface area contributed by atoms with Crippen molar-refractivity contribution < 1.29 is 24.2 Å². The molecule has 1 N–H and O–H groups in total. The lowest BCUT2D eigenvalue weighted by molar-refractivity contribution is -0.142. The average Bonchev–Trinajstić information content (AvgIpc) is 2.78. The molecule has 0 aliphatic carbocycles. The van der Waals surface area contributed by atoms with Crippen molar-refractivity contribution in [3.63, 3.8) is 0 Å². The Morgan fingerprint density at radius 1 is 0.882 bits per heavy atom. The van der Waals surface area contributed by atoms with Gasteiger partial charge in [0.15, 0.2) is 0 Å². The predicted molar refractivity (Wildman–Crippen MR) is 136 cm³/mol. The molecule has 2 aromatic carbocycles. The second kappa shape index (κ2) is 15.3. The van der Waals surface area contributed by atoms with Crippen molar-refractivity contribution in [3.05, 3.63) is 62.6 Å². The van der Waals surface area contributed by atoms with Gasteiger partial charge in [-0.25, -0.2) is 0 Å². The van der Waals surface area contributed by atoms with Crippen LogP contribution in [-0.2, 0) is 20.7 Å². The number of unbranched alkanes of at least 4 members (excludes halogenated alkanes) is 3. The van der Waals surface area contributed by atoms with Crippen LogP contribution in [0.5, 0.6) is 5.75 Å². The zero-order chi connectivity index (χ0) is 24.9. The molecule has 0 heterocycles. The number of hydrogen-bond donors (Lipinski definition) is 1. The van der Waals surface area contributed by atoms with Gasteiger partial charge < -0.3 is 14.6 Å². The highest BCUT2D eigenvalue weighted by Crippen LogP contribution is 2.30. The second-order valence-electron chi connectivity index (χ2n) is 8.26. The lowest BCUT2D eigenvalue weighted by Crippen LogP contribution is -2.14. The van der Waals surface area contributed by atoms with Gasteiger partial charge >= 0.3 is 11.9 Å². The summed E-state index contributed by atoms with van der Waals surface area (Å²) in [5.41, 5.74) is 1.65. The molecule has 0 saturated heterocycles. The van der Waals surface area contributed by atoms with Gasteiger partial charge in [-0.2, -0.15) is 0 Å². The summed E-state index contributed by atoms with van der Waals surface area (Å²) in [4.78, 5) is 23.9. The molecule has 34 heavy (non-hydrogen) atoms. The number of halogens is 3. The van der Waals surface area contributed by atoms with E-state index < -0.39 is 5.97 Å². The molecule has 0 bridgehead atoms. The Morgan fingerprint density at radius 3 is 2.18 bits per heavy atom. The van der Waals surface area contributed by atoms with Gasteiger partial charge in [-0.05, 0) is 61.1 Å². The zero-order valence-corrected chi connectivity index (χ0v) is 21.6. The van der Waals surface area contributed by atoms with Crippen LogP contribution in [0.3, 0.4) is 0 Å². The van der Waals surface area contributed by atoms with Gasteiger partial charge in [0.25, 0.3) is 0 Å². The lowest BCUT2D eigenvalue weighted by Gasteiger charge is -2.13. The first kappa shape index (κ1) is 28.4. The fourth-order valence-corrected chi connectivity index (χ4v) is 4.32. The summed E-state index contributed by atoms with van der Waals surface area (Å²) in [7, 11) is 1.64. The molecule has 0 amide bonds. The summed E-state index contributed by atoms with van der Waals surface area (Å²) >= 11 is 18.4. The smallest absolute Gasteiger partial charge is 0.311 e. The molecule has 2 rings (SSSR count). The summed E-state index contributed by atoms with van der Waals surface area (Å²) in [6.07, 6.45) is 5.82. The number of carboxylic acid groups (broad SMARTS) is 1. The van der Waals surface area contributed by atoms with Crippen molar-refractivity contribution in [2.45, 2.75) is 57.8 Å². The van der Waals surface area contributed by atoms with Crippen molar-refractivity contribution in [2.24, 2.45) is 5.92 Å². The molecular formula is C26H31Cl3O5. The topological polar surface area (TPSA) is 72.8 Å². The van der Waals surface area contributed by atoms with Crippen LogP contribution in [0.1, 0.15) is 62.5 Å². The van der Waals surface area contributed by atoms with E-state index in [0.29, 0.717) is 53.1 Å². The monoisotopic (exact) mass is 528 g/mol. The molecule has 5 nitrogen and oxygen atoms in total. The molecule has 0 spiro atoms. The van der Waals surface area contributed by atoms with Crippen molar-refractivity contribution in [1.29, 1.82) is 0 Å². The fraction of sp³-hybridized carbons (Fsp3) is 0.462. The standard InChI is InChI=1S/C26H31Cl3O5/c1-33-14-6-5-8-18(26(31)32)7-3-2-4-9-25(30)34-24-17-22(28)13-11-20(24)15-19-10-12-21(27)16-23(19)29/h10-13,16-18H,2-9,14-15H2,1H3,(H,31,32)/t18-/m0/s1. The number of methoxy groups -OCH3 is 1. The fourth-order valence-electron chi connectivity index (χ4n) is 3.68. The average molecular weight is 530 g/mol. The van der Waals surface area contributed by atoms with E-state index in [2.05, 4.69) is 0 Å². The molecule has 0 unspecified atom stereocenters. The normalized spacial score (nSPS) is 11.9. The van der Waals surface area contributed by atoms with Crippen molar-refractivity contribution in [1.82, 2.24) is 0 Å². The number of benzene rings is 2. The molecule has 2 aromatic rings. The number of carboxylic acids is 1. The number of rotatable bonds is 15. The molecular weight excluding hydrogens is 499 g/mol. The van der Waals surface area contributed by atoms with Gasteiger partial charge in [0, 0.05) is 41.6 Å². The van der Waals surface area contributed by atoms with Gasteiger partial charge in [-0.1, -0.05) is 66.2 Å². The molecule has 0 saturated carbocycles. The number of hydrogen-bond acceptors (Lipinski definition) is 4. The van der Waals surface area contributed by atoms with E-state index in [0.717, 1.165) is 36.8 Å². The van der Waals surface area contributed by atoms with Crippen LogP contribution < -0.4 is 4.74 Å². The third-order valence-electron chi connectivity index (χ3n) is 5.58. The Kier molecular flexibility index (Phi) is 12.8. The SMILES string of the molecule is COCCCC[C@H](CCCCCC(=O)Oc1cc(Cl)ccc1Cc1ccc(Cl)cc1Cl)C(=O)O. The Hall–Kier alpha value is -1.79. The summed E-state index contributed by atoms with van der Waals surface area (Å²) in [5.74, 6) is -1.05. The number of aliphatic carboxylic acids is 1. The maximum absolute atomic E-state index is 12.4. The number of carbonyl (C=O) groups excluding carboxylic acids is 1. The van der Waals surface area contributed by atoms with Crippen LogP contribution in [0.4, 0.5) is 0 Å². The van der Waals surface area contributed by atoms with Crippen molar-refractivity contribution in [2.75, 3.05) is 13.7 Å². The highest BCUT2D eigenvalue weighted by atomic mass is 35.5. The third kappa shape index (κ3) is 10.2. The highest BCUT2D eigenvalue weighted by Gasteiger charge is 2.17. The first-order valence-electron chi connectivity index (χ1n) is 11.4. The molecule has 8 heteroatoms. The molecule has 1 atom stereocenters. The van der Waals surface area contributed by atoms with E-state index in [4.69, 9.17) is 44.3 Å². The van der Waals surface area contributed by atoms with E-state index >= 15 is 0 Å². The minimum absolute atomic E-state index is 0.249. The molecule has 186 valence electrons. The lowest BCUT2D eigenvalue weighted by atomic mass is 9.95. The number of carbonyl (C=O) groups is 2. The van der Waals surface area contributed by atoms with Crippen LogP contribution in [0.2, 0.25) is 15.1 Å². The van der Waals surface area contributed by atoms with Crippen molar-refractivity contribution in [3.8, 4) is 5.75 Å². The Balaban J connectivity index is 1.82. The van der Waals surface area contributed by atoms with Crippen LogP contribution >= 0.6 is 34.8 Å². The Labute approximate surface area is 216 Å². The third-order valence-corrected chi connectivity index (χ3v) is 6.40. The number of esters is 1. The first-order valence-corrected chi connectivity index (χ1v) is 12.6. The minimum atomic E-state index is -0.758.